The molecule has 0 N–H and O–H groups in total. The summed E-state index contributed by atoms with van der Waals surface area (Å²) in [5.41, 5.74) is 1.37. The molecular weight excluding hydrogens is 273 g/mol. The molecule has 1 heterocycles. The third-order valence-corrected chi connectivity index (χ3v) is 3.40. The van der Waals surface area contributed by atoms with Crippen LogP contribution in [-0.4, -0.2) is 22.8 Å². The standard InChI is InChI=1S/C16H10FNO3/c17-14(19)11-7-5-10(6-8-11)9-18-15(20)12-3-1-2-4-13(12)16(18)21/h1-8H,9H2. The van der Waals surface area contributed by atoms with E-state index < -0.39 is 6.04 Å². The Hall–Kier alpha value is -2.82. The summed E-state index contributed by atoms with van der Waals surface area (Å²) in [5, 5.41) is 0. The molecule has 0 aliphatic carbocycles. The Morgan fingerprint density at radius 2 is 1.43 bits per heavy atom. The molecule has 2 aromatic carbocycles. The Morgan fingerprint density at radius 3 is 1.90 bits per heavy atom. The van der Waals surface area contributed by atoms with Gasteiger partial charge >= 0.3 is 6.04 Å². The lowest BCUT2D eigenvalue weighted by atomic mass is 10.1. The van der Waals surface area contributed by atoms with Crippen molar-refractivity contribution in [1.29, 1.82) is 0 Å². The van der Waals surface area contributed by atoms with Gasteiger partial charge in [0, 0.05) is 0 Å². The van der Waals surface area contributed by atoms with Crippen molar-refractivity contribution in [3.8, 4) is 0 Å². The summed E-state index contributed by atoms with van der Waals surface area (Å²) < 4.78 is 12.5. The number of benzene rings is 2. The van der Waals surface area contributed by atoms with Crippen molar-refractivity contribution in [3.05, 3.63) is 70.8 Å². The zero-order chi connectivity index (χ0) is 15.0. The third-order valence-electron chi connectivity index (χ3n) is 3.40. The van der Waals surface area contributed by atoms with Gasteiger partial charge in [0.1, 0.15) is 0 Å². The number of carbonyl (C=O) groups is 3. The van der Waals surface area contributed by atoms with Gasteiger partial charge in [0.2, 0.25) is 0 Å². The first-order valence-corrected chi connectivity index (χ1v) is 6.32. The highest BCUT2D eigenvalue weighted by atomic mass is 19.1. The Morgan fingerprint density at radius 1 is 0.905 bits per heavy atom. The van der Waals surface area contributed by atoms with Crippen molar-refractivity contribution >= 4 is 17.9 Å². The zero-order valence-corrected chi connectivity index (χ0v) is 10.9. The minimum absolute atomic E-state index is 0.0545. The van der Waals surface area contributed by atoms with Crippen molar-refractivity contribution in [2.24, 2.45) is 0 Å². The quantitative estimate of drug-likeness (QED) is 0.642. The number of amides is 2. The third kappa shape index (κ3) is 2.23. The van der Waals surface area contributed by atoms with Gasteiger partial charge in [-0.25, -0.2) is 0 Å². The molecule has 3 rings (SSSR count). The fourth-order valence-corrected chi connectivity index (χ4v) is 2.31. The van der Waals surface area contributed by atoms with Crippen LogP contribution < -0.4 is 0 Å². The summed E-state index contributed by atoms with van der Waals surface area (Å²) in [6, 6.07) is 10.8. The maximum Gasteiger partial charge on any atom is 0.332 e. The molecule has 2 aromatic rings. The smallest absolute Gasteiger partial charge is 0.270 e. The molecule has 1 aliphatic heterocycles. The van der Waals surface area contributed by atoms with Gasteiger partial charge in [-0.1, -0.05) is 24.3 Å². The lowest BCUT2D eigenvalue weighted by Crippen LogP contribution is -2.29. The molecule has 0 aromatic heterocycles. The van der Waals surface area contributed by atoms with E-state index in [0.29, 0.717) is 16.7 Å². The Kier molecular flexibility index (Phi) is 3.10. The van der Waals surface area contributed by atoms with Crippen molar-refractivity contribution in [2.75, 3.05) is 0 Å². The van der Waals surface area contributed by atoms with E-state index in [1.165, 1.54) is 24.3 Å². The highest BCUT2D eigenvalue weighted by Crippen LogP contribution is 2.24. The molecule has 5 heteroatoms. The van der Waals surface area contributed by atoms with Crippen LogP contribution in [0.25, 0.3) is 0 Å². The molecule has 0 spiro atoms. The van der Waals surface area contributed by atoms with E-state index in [0.717, 1.165) is 4.90 Å². The van der Waals surface area contributed by atoms with Gasteiger partial charge in [0.15, 0.2) is 0 Å². The van der Waals surface area contributed by atoms with Gasteiger partial charge in [-0.15, -0.1) is 0 Å². The Balaban J connectivity index is 1.85. The number of halogens is 1. The summed E-state index contributed by atoms with van der Waals surface area (Å²) in [4.78, 5) is 36.1. The normalized spacial score (nSPS) is 13.5. The average Bonchev–Trinajstić information content (AvgIpc) is 2.73. The monoisotopic (exact) mass is 283 g/mol. The van der Waals surface area contributed by atoms with Crippen LogP contribution in [0.5, 0.6) is 0 Å². The summed E-state index contributed by atoms with van der Waals surface area (Å²) in [5.74, 6) is -0.692. The SMILES string of the molecule is O=C(F)c1ccc(CN2C(=O)c3ccccc3C2=O)cc1. The van der Waals surface area contributed by atoms with E-state index in [9.17, 15) is 18.8 Å². The molecule has 0 saturated carbocycles. The number of rotatable bonds is 3. The average molecular weight is 283 g/mol. The van der Waals surface area contributed by atoms with E-state index in [4.69, 9.17) is 0 Å². The van der Waals surface area contributed by atoms with Crippen LogP contribution in [0.3, 0.4) is 0 Å². The van der Waals surface area contributed by atoms with Gasteiger partial charge in [0.05, 0.1) is 23.2 Å². The number of nitrogens with zero attached hydrogens (tertiary/aromatic N) is 1. The molecule has 21 heavy (non-hydrogen) atoms. The number of hydrogen-bond donors (Lipinski definition) is 0. The minimum Gasteiger partial charge on any atom is -0.270 e. The maximum absolute atomic E-state index is 12.5. The van der Waals surface area contributed by atoms with E-state index in [1.54, 1.807) is 24.3 Å². The van der Waals surface area contributed by atoms with Crippen molar-refractivity contribution in [2.45, 2.75) is 6.54 Å². The molecule has 1 aliphatic rings. The van der Waals surface area contributed by atoms with Crippen LogP contribution in [0.4, 0.5) is 4.39 Å². The molecule has 4 nitrogen and oxygen atoms in total. The predicted octanol–water partition coefficient (Wildman–Crippen LogP) is 2.59. The summed E-state index contributed by atoms with van der Waals surface area (Å²) in [6.07, 6.45) is 0. The van der Waals surface area contributed by atoms with E-state index in [2.05, 4.69) is 0 Å². The first kappa shape index (κ1) is 13.2. The maximum atomic E-state index is 12.5. The lowest BCUT2D eigenvalue weighted by molar-refractivity contribution is 0.0641. The molecule has 0 fully saturated rings. The largest absolute Gasteiger partial charge is 0.332 e. The van der Waals surface area contributed by atoms with Crippen LogP contribution >= 0.6 is 0 Å². The second kappa shape index (κ2) is 4.94. The number of hydrogen-bond acceptors (Lipinski definition) is 3. The van der Waals surface area contributed by atoms with Gasteiger partial charge < -0.3 is 0 Å². The van der Waals surface area contributed by atoms with Gasteiger partial charge in [-0.3, -0.25) is 19.3 Å². The van der Waals surface area contributed by atoms with Crippen molar-refractivity contribution in [3.63, 3.8) is 0 Å². The van der Waals surface area contributed by atoms with E-state index in [-0.39, 0.29) is 23.9 Å². The summed E-state index contributed by atoms with van der Waals surface area (Å²) in [7, 11) is 0. The van der Waals surface area contributed by atoms with Crippen LogP contribution in [0.2, 0.25) is 0 Å². The van der Waals surface area contributed by atoms with Crippen molar-refractivity contribution < 1.29 is 18.8 Å². The minimum atomic E-state index is -1.51. The fourth-order valence-electron chi connectivity index (χ4n) is 2.31. The second-order valence-corrected chi connectivity index (χ2v) is 4.71. The first-order valence-electron chi connectivity index (χ1n) is 6.32. The zero-order valence-electron chi connectivity index (χ0n) is 10.9. The molecule has 0 radical (unpaired) electrons. The molecule has 0 saturated heterocycles. The Bertz CT molecular complexity index is 717. The molecule has 0 unspecified atom stereocenters. The van der Waals surface area contributed by atoms with Crippen LogP contribution in [0, 0.1) is 0 Å². The summed E-state index contributed by atoms with van der Waals surface area (Å²) in [6.45, 7) is 0.0904. The van der Waals surface area contributed by atoms with Gasteiger partial charge in [0.25, 0.3) is 11.8 Å². The number of fused-ring (bicyclic) bond motifs is 1. The van der Waals surface area contributed by atoms with E-state index >= 15 is 0 Å². The lowest BCUT2D eigenvalue weighted by Gasteiger charge is -2.13. The first-order chi connectivity index (χ1) is 10.1. The topological polar surface area (TPSA) is 54.5 Å². The van der Waals surface area contributed by atoms with Gasteiger partial charge in [-0.05, 0) is 29.8 Å². The van der Waals surface area contributed by atoms with Gasteiger partial charge in [-0.2, -0.15) is 4.39 Å². The van der Waals surface area contributed by atoms with Crippen molar-refractivity contribution in [1.82, 2.24) is 4.90 Å². The van der Waals surface area contributed by atoms with Crippen LogP contribution in [0.1, 0.15) is 36.6 Å². The fraction of sp³-hybridized carbons (Fsp3) is 0.0625. The number of carbonyl (C=O) groups excluding carboxylic acids is 3. The molecule has 2 amide bonds. The number of imide groups is 1. The molecular formula is C16H10FNO3. The highest BCUT2D eigenvalue weighted by Gasteiger charge is 2.34. The highest BCUT2D eigenvalue weighted by molar-refractivity contribution is 6.21. The van der Waals surface area contributed by atoms with Crippen LogP contribution in [-0.2, 0) is 6.54 Å². The Labute approximate surface area is 119 Å². The molecule has 0 atom stereocenters. The van der Waals surface area contributed by atoms with E-state index in [1.807, 2.05) is 0 Å². The second-order valence-electron chi connectivity index (χ2n) is 4.71. The molecule has 0 bridgehead atoms. The summed E-state index contributed by atoms with van der Waals surface area (Å²) >= 11 is 0. The molecule has 104 valence electrons. The van der Waals surface area contributed by atoms with Crippen LogP contribution in [0.15, 0.2) is 48.5 Å². The predicted molar refractivity (Wildman–Crippen MR) is 72.5 cm³/mol.